The first kappa shape index (κ1) is 21.7. The number of anilines is 1. The molecule has 0 bridgehead atoms. The van der Waals surface area contributed by atoms with Gasteiger partial charge in [-0.1, -0.05) is 30.2 Å². The number of amides is 1. The normalized spacial score (nSPS) is 15.4. The smallest absolute Gasteiger partial charge is 0.246 e. The molecular weight excluding hydrogens is 446 g/mol. The molecule has 7 nitrogen and oxygen atoms in total. The van der Waals surface area contributed by atoms with Crippen LogP contribution in [0.15, 0.2) is 66.3 Å². The fraction of sp³-hybridized carbons (Fsp3) is 0.192. The van der Waals surface area contributed by atoms with Gasteiger partial charge in [-0.15, -0.1) is 11.3 Å². The molecule has 34 heavy (non-hydrogen) atoms. The number of carbonyl (C=O) groups excluding carboxylic acids is 1. The molecule has 1 aliphatic heterocycles. The average Bonchev–Trinajstić information content (AvgIpc) is 3.62. The van der Waals surface area contributed by atoms with Crippen molar-refractivity contribution in [3.05, 3.63) is 76.9 Å². The van der Waals surface area contributed by atoms with Gasteiger partial charge in [0.05, 0.1) is 11.1 Å². The van der Waals surface area contributed by atoms with Crippen molar-refractivity contribution in [3.63, 3.8) is 0 Å². The summed E-state index contributed by atoms with van der Waals surface area (Å²) in [4.78, 5) is 27.4. The van der Waals surface area contributed by atoms with E-state index in [1.165, 1.54) is 6.33 Å². The van der Waals surface area contributed by atoms with Crippen LogP contribution in [0.25, 0.3) is 17.1 Å². The predicted octanol–water partition coefficient (Wildman–Crippen LogP) is 4.18. The van der Waals surface area contributed by atoms with Gasteiger partial charge < -0.3 is 19.9 Å². The van der Waals surface area contributed by atoms with Gasteiger partial charge in [0.25, 0.3) is 0 Å². The highest BCUT2D eigenvalue weighted by molar-refractivity contribution is 7.10. The summed E-state index contributed by atoms with van der Waals surface area (Å²) in [6.07, 6.45) is 5.90. The van der Waals surface area contributed by atoms with Gasteiger partial charge in [-0.2, -0.15) is 0 Å². The van der Waals surface area contributed by atoms with E-state index < -0.39 is 0 Å². The quantitative estimate of drug-likeness (QED) is 0.327. The molecule has 1 saturated heterocycles. The molecule has 0 spiro atoms. The highest BCUT2D eigenvalue weighted by atomic mass is 32.1. The van der Waals surface area contributed by atoms with Crippen LogP contribution in [-0.4, -0.2) is 51.5 Å². The molecule has 1 unspecified atom stereocenters. The van der Waals surface area contributed by atoms with Crippen LogP contribution >= 0.6 is 11.3 Å². The summed E-state index contributed by atoms with van der Waals surface area (Å²) < 4.78 is 5.62. The number of aromatic nitrogens is 3. The monoisotopic (exact) mass is 469 g/mol. The number of ether oxygens (including phenoxy) is 1. The van der Waals surface area contributed by atoms with Gasteiger partial charge in [0, 0.05) is 30.1 Å². The second-order valence-corrected chi connectivity index (χ2v) is 8.81. The van der Waals surface area contributed by atoms with Crippen molar-refractivity contribution < 1.29 is 9.53 Å². The summed E-state index contributed by atoms with van der Waals surface area (Å²) >= 11 is 1.61. The lowest BCUT2D eigenvalue weighted by Crippen LogP contribution is -2.30. The zero-order valence-electron chi connectivity index (χ0n) is 18.4. The zero-order valence-corrected chi connectivity index (χ0v) is 19.2. The molecule has 1 aliphatic rings. The van der Waals surface area contributed by atoms with E-state index >= 15 is 0 Å². The SMILES string of the molecule is O=C(C=Cc1cccs1)N1CCC(Nc2ncnc3[nH]c(C#CCOc4ccccc4)cc23)C1. The number of hydrogen-bond acceptors (Lipinski definition) is 6. The number of benzene rings is 1. The topological polar surface area (TPSA) is 83.1 Å². The molecule has 4 aromatic rings. The Morgan fingerprint density at radius 3 is 3.03 bits per heavy atom. The van der Waals surface area contributed by atoms with E-state index in [-0.39, 0.29) is 11.9 Å². The summed E-state index contributed by atoms with van der Waals surface area (Å²) in [5.74, 6) is 7.67. The Hall–Kier alpha value is -4.09. The molecule has 1 aromatic carbocycles. The number of carbonyl (C=O) groups is 1. The summed E-state index contributed by atoms with van der Waals surface area (Å²) in [5, 5.41) is 6.35. The van der Waals surface area contributed by atoms with Crippen LogP contribution in [0.4, 0.5) is 5.82 Å². The summed E-state index contributed by atoms with van der Waals surface area (Å²) in [7, 11) is 0. The Labute approximate surface area is 201 Å². The molecule has 2 N–H and O–H groups in total. The lowest BCUT2D eigenvalue weighted by atomic mass is 10.2. The summed E-state index contributed by atoms with van der Waals surface area (Å²) in [6.45, 7) is 1.64. The minimum Gasteiger partial charge on any atom is -0.481 e. The van der Waals surface area contributed by atoms with Crippen molar-refractivity contribution in [3.8, 4) is 17.6 Å². The maximum Gasteiger partial charge on any atom is 0.246 e. The van der Waals surface area contributed by atoms with E-state index in [0.717, 1.165) is 39.6 Å². The van der Waals surface area contributed by atoms with Gasteiger partial charge in [0.15, 0.2) is 0 Å². The van der Waals surface area contributed by atoms with Gasteiger partial charge in [-0.05, 0) is 48.1 Å². The van der Waals surface area contributed by atoms with E-state index in [1.807, 2.05) is 64.9 Å². The van der Waals surface area contributed by atoms with Crippen molar-refractivity contribution in [1.82, 2.24) is 19.9 Å². The lowest BCUT2D eigenvalue weighted by molar-refractivity contribution is -0.124. The maximum atomic E-state index is 12.5. The standard InChI is InChI=1S/C26H23N5O2S/c32-24(11-10-22-9-5-15-34-22)31-13-12-20(17-31)30-26-23-16-19(29-25(23)27-18-28-26)6-4-14-33-21-7-2-1-3-8-21/h1-3,5,7-11,15-16,18,20H,12-14,17H2,(H2,27,28,29,30). The van der Waals surface area contributed by atoms with E-state index in [2.05, 4.69) is 32.1 Å². The van der Waals surface area contributed by atoms with Crippen molar-refractivity contribution >= 4 is 40.2 Å². The van der Waals surface area contributed by atoms with E-state index in [9.17, 15) is 4.79 Å². The first-order chi connectivity index (χ1) is 16.7. The maximum absolute atomic E-state index is 12.5. The molecule has 0 aliphatic carbocycles. The second kappa shape index (κ2) is 10.2. The fourth-order valence-electron chi connectivity index (χ4n) is 3.81. The minimum absolute atomic E-state index is 0.0301. The number of thiophene rings is 1. The van der Waals surface area contributed by atoms with Crippen molar-refractivity contribution in [1.29, 1.82) is 0 Å². The van der Waals surface area contributed by atoms with E-state index in [0.29, 0.717) is 19.7 Å². The number of hydrogen-bond donors (Lipinski definition) is 2. The van der Waals surface area contributed by atoms with Gasteiger partial charge in [-0.3, -0.25) is 4.79 Å². The summed E-state index contributed by atoms with van der Waals surface area (Å²) in [6, 6.07) is 15.6. The van der Waals surface area contributed by atoms with Crippen LogP contribution in [0.5, 0.6) is 5.75 Å². The Balaban J connectivity index is 1.20. The Morgan fingerprint density at radius 1 is 1.26 bits per heavy atom. The largest absolute Gasteiger partial charge is 0.481 e. The lowest BCUT2D eigenvalue weighted by Gasteiger charge is -2.16. The van der Waals surface area contributed by atoms with E-state index in [4.69, 9.17) is 4.74 Å². The molecule has 3 aromatic heterocycles. The van der Waals surface area contributed by atoms with Gasteiger partial charge in [-0.25, -0.2) is 9.97 Å². The van der Waals surface area contributed by atoms with E-state index in [1.54, 1.807) is 17.4 Å². The zero-order chi connectivity index (χ0) is 23.2. The van der Waals surface area contributed by atoms with Crippen LogP contribution in [0, 0.1) is 11.8 Å². The second-order valence-electron chi connectivity index (χ2n) is 7.83. The third-order valence-corrected chi connectivity index (χ3v) is 6.31. The predicted molar refractivity (Wildman–Crippen MR) is 135 cm³/mol. The number of fused-ring (bicyclic) bond motifs is 1. The van der Waals surface area contributed by atoms with Crippen LogP contribution in [0.2, 0.25) is 0 Å². The van der Waals surface area contributed by atoms with Crippen molar-refractivity contribution in [2.24, 2.45) is 0 Å². The van der Waals surface area contributed by atoms with Crippen LogP contribution in [0.3, 0.4) is 0 Å². The van der Waals surface area contributed by atoms with Gasteiger partial charge in [0.1, 0.15) is 30.1 Å². The number of rotatable bonds is 6. The number of likely N-dealkylation sites (tertiary alicyclic amines) is 1. The Kier molecular flexibility index (Phi) is 6.54. The Morgan fingerprint density at radius 2 is 2.18 bits per heavy atom. The molecule has 170 valence electrons. The number of nitrogens with one attached hydrogen (secondary N) is 2. The number of nitrogens with zero attached hydrogens (tertiary/aromatic N) is 3. The first-order valence-corrected chi connectivity index (χ1v) is 11.9. The number of H-pyrrole nitrogens is 1. The minimum atomic E-state index is 0.0301. The molecule has 0 radical (unpaired) electrons. The molecule has 0 saturated carbocycles. The van der Waals surface area contributed by atoms with Crippen LogP contribution in [0.1, 0.15) is 17.0 Å². The highest BCUT2D eigenvalue weighted by Gasteiger charge is 2.25. The fourth-order valence-corrected chi connectivity index (χ4v) is 4.42. The van der Waals surface area contributed by atoms with Crippen LogP contribution in [-0.2, 0) is 4.79 Å². The number of para-hydroxylation sites is 1. The van der Waals surface area contributed by atoms with Gasteiger partial charge >= 0.3 is 0 Å². The van der Waals surface area contributed by atoms with Crippen molar-refractivity contribution in [2.45, 2.75) is 12.5 Å². The third-order valence-electron chi connectivity index (χ3n) is 5.48. The molecule has 1 atom stereocenters. The van der Waals surface area contributed by atoms with Crippen molar-refractivity contribution in [2.75, 3.05) is 25.0 Å². The Bertz CT molecular complexity index is 1350. The molecule has 1 fully saturated rings. The summed E-state index contributed by atoms with van der Waals surface area (Å²) in [5.41, 5.74) is 1.47. The molecule has 4 heterocycles. The average molecular weight is 470 g/mol. The first-order valence-electron chi connectivity index (χ1n) is 11.0. The van der Waals surface area contributed by atoms with Crippen LogP contribution < -0.4 is 10.1 Å². The molecule has 8 heteroatoms. The molecule has 1 amide bonds. The van der Waals surface area contributed by atoms with Gasteiger partial charge in [0.2, 0.25) is 5.91 Å². The highest BCUT2D eigenvalue weighted by Crippen LogP contribution is 2.23. The molecule has 5 rings (SSSR count). The molecular formula is C26H23N5O2S. The number of aromatic amines is 1. The third kappa shape index (κ3) is 5.27.